The number of allylic oxidation sites excluding steroid dienone is 1. The average Bonchev–Trinajstić information content (AvgIpc) is 2.33. The molecule has 1 rings (SSSR count). The Morgan fingerprint density at radius 1 is 1.53 bits per heavy atom. The lowest BCUT2D eigenvalue weighted by atomic mass is 9.91. The standard InChI is InChI=1S/C13H18N2O4/c1-8(2)12(17)19-7-5-10-4-6-15(13(14)18)9(3)11(10)16/h10H,1,3-7H2,2H3,(H2,14,18). The summed E-state index contributed by atoms with van der Waals surface area (Å²) < 4.78 is 4.94. The van der Waals surface area contributed by atoms with E-state index < -0.39 is 12.0 Å². The largest absolute Gasteiger partial charge is 0.462 e. The first kappa shape index (κ1) is 14.9. The molecule has 0 radical (unpaired) electrons. The van der Waals surface area contributed by atoms with Crippen molar-refractivity contribution in [3.63, 3.8) is 0 Å². The molecule has 0 saturated carbocycles. The first-order valence-corrected chi connectivity index (χ1v) is 5.97. The molecule has 1 aliphatic rings. The van der Waals surface area contributed by atoms with E-state index in [0.717, 1.165) is 0 Å². The summed E-state index contributed by atoms with van der Waals surface area (Å²) in [6, 6.07) is -0.675. The van der Waals surface area contributed by atoms with Crippen molar-refractivity contribution in [1.82, 2.24) is 4.90 Å². The van der Waals surface area contributed by atoms with E-state index in [2.05, 4.69) is 13.2 Å². The molecule has 0 aliphatic carbocycles. The number of nitrogens with two attached hydrogens (primary N) is 1. The van der Waals surface area contributed by atoms with Gasteiger partial charge in [0.15, 0.2) is 5.78 Å². The van der Waals surface area contributed by atoms with Crippen LogP contribution >= 0.6 is 0 Å². The van der Waals surface area contributed by atoms with Crippen LogP contribution < -0.4 is 5.73 Å². The summed E-state index contributed by atoms with van der Waals surface area (Å²) in [6.45, 7) is 9.10. The van der Waals surface area contributed by atoms with Gasteiger partial charge in [0, 0.05) is 18.0 Å². The third kappa shape index (κ3) is 3.67. The molecule has 1 saturated heterocycles. The van der Waals surface area contributed by atoms with E-state index in [1.165, 1.54) is 4.90 Å². The highest BCUT2D eigenvalue weighted by Gasteiger charge is 2.32. The van der Waals surface area contributed by atoms with Gasteiger partial charge in [-0.05, 0) is 19.8 Å². The van der Waals surface area contributed by atoms with E-state index in [4.69, 9.17) is 10.5 Å². The van der Waals surface area contributed by atoms with Crippen LogP contribution in [0, 0.1) is 5.92 Å². The molecule has 1 atom stereocenters. The molecule has 1 fully saturated rings. The third-order valence-electron chi connectivity index (χ3n) is 3.00. The summed E-state index contributed by atoms with van der Waals surface area (Å²) >= 11 is 0. The lowest BCUT2D eigenvalue weighted by Crippen LogP contribution is -2.44. The van der Waals surface area contributed by atoms with Gasteiger partial charge in [-0.3, -0.25) is 9.69 Å². The molecule has 2 N–H and O–H groups in total. The fraction of sp³-hybridized carbons (Fsp3) is 0.462. The second-order valence-corrected chi connectivity index (χ2v) is 4.49. The second-order valence-electron chi connectivity index (χ2n) is 4.49. The van der Waals surface area contributed by atoms with Crippen LogP contribution in [-0.4, -0.2) is 35.8 Å². The summed E-state index contributed by atoms with van der Waals surface area (Å²) in [4.78, 5) is 35.3. The number of primary amides is 1. The summed E-state index contributed by atoms with van der Waals surface area (Å²) in [5.41, 5.74) is 5.56. The maximum atomic E-state index is 11.9. The van der Waals surface area contributed by atoms with Gasteiger partial charge < -0.3 is 10.5 Å². The molecule has 19 heavy (non-hydrogen) atoms. The fourth-order valence-electron chi connectivity index (χ4n) is 1.86. The zero-order chi connectivity index (χ0) is 14.6. The van der Waals surface area contributed by atoms with Crippen molar-refractivity contribution in [2.24, 2.45) is 11.7 Å². The van der Waals surface area contributed by atoms with Crippen molar-refractivity contribution in [2.75, 3.05) is 13.2 Å². The molecule has 6 nitrogen and oxygen atoms in total. The molecule has 6 heteroatoms. The van der Waals surface area contributed by atoms with Crippen LogP contribution in [-0.2, 0) is 14.3 Å². The van der Waals surface area contributed by atoms with E-state index in [0.29, 0.717) is 25.0 Å². The van der Waals surface area contributed by atoms with Gasteiger partial charge in [0.05, 0.1) is 12.3 Å². The molecular weight excluding hydrogens is 248 g/mol. The van der Waals surface area contributed by atoms with Crippen LogP contribution in [0.4, 0.5) is 4.79 Å². The van der Waals surface area contributed by atoms with E-state index >= 15 is 0 Å². The minimum atomic E-state index is -0.675. The van der Waals surface area contributed by atoms with Gasteiger partial charge in [0.25, 0.3) is 0 Å². The van der Waals surface area contributed by atoms with Crippen LogP contribution in [0.1, 0.15) is 19.8 Å². The lowest BCUT2D eigenvalue weighted by molar-refractivity contribution is -0.140. The van der Waals surface area contributed by atoms with Crippen molar-refractivity contribution < 1.29 is 19.1 Å². The molecule has 0 aromatic rings. The van der Waals surface area contributed by atoms with Crippen LogP contribution in [0.2, 0.25) is 0 Å². The van der Waals surface area contributed by atoms with E-state index in [1.54, 1.807) is 6.92 Å². The Balaban J connectivity index is 2.47. The molecule has 1 aliphatic heterocycles. The van der Waals surface area contributed by atoms with Crippen LogP contribution in [0.5, 0.6) is 0 Å². The topological polar surface area (TPSA) is 89.7 Å². The smallest absolute Gasteiger partial charge is 0.333 e. The predicted molar refractivity (Wildman–Crippen MR) is 68.9 cm³/mol. The Hall–Kier alpha value is -2.11. The normalized spacial score (nSPS) is 19.2. The first-order chi connectivity index (χ1) is 8.84. The van der Waals surface area contributed by atoms with Gasteiger partial charge in [-0.2, -0.15) is 0 Å². The fourth-order valence-corrected chi connectivity index (χ4v) is 1.86. The van der Waals surface area contributed by atoms with E-state index in [1.807, 2.05) is 0 Å². The first-order valence-electron chi connectivity index (χ1n) is 5.97. The van der Waals surface area contributed by atoms with Crippen molar-refractivity contribution >= 4 is 17.8 Å². The maximum Gasteiger partial charge on any atom is 0.333 e. The quantitative estimate of drug-likeness (QED) is 0.606. The Morgan fingerprint density at radius 2 is 2.16 bits per heavy atom. The number of esters is 1. The Morgan fingerprint density at radius 3 is 2.68 bits per heavy atom. The van der Waals surface area contributed by atoms with Crippen molar-refractivity contribution in [3.8, 4) is 0 Å². The number of likely N-dealkylation sites (tertiary alicyclic amines) is 1. The predicted octanol–water partition coefficient (Wildman–Crippen LogP) is 0.979. The van der Waals surface area contributed by atoms with Gasteiger partial charge >= 0.3 is 12.0 Å². The Kier molecular flexibility index (Phi) is 4.86. The minimum absolute atomic E-state index is 0.106. The number of ketones is 1. The van der Waals surface area contributed by atoms with Crippen molar-refractivity contribution in [1.29, 1.82) is 0 Å². The summed E-state index contributed by atoms with van der Waals surface area (Å²) in [5.74, 6) is -0.988. The molecular formula is C13H18N2O4. The van der Waals surface area contributed by atoms with Crippen LogP contribution in [0.25, 0.3) is 0 Å². The highest BCUT2D eigenvalue weighted by Crippen LogP contribution is 2.23. The SMILES string of the molecule is C=C(C)C(=O)OCCC1CCN(C(N)=O)C(=C)C1=O. The number of nitrogens with zero attached hydrogens (tertiary/aromatic N) is 1. The number of urea groups is 1. The molecule has 0 aromatic heterocycles. The van der Waals surface area contributed by atoms with E-state index in [-0.39, 0.29) is 24.0 Å². The Labute approximate surface area is 111 Å². The van der Waals surface area contributed by atoms with Gasteiger partial charge in [-0.25, -0.2) is 9.59 Å². The second kappa shape index (κ2) is 6.17. The van der Waals surface area contributed by atoms with Gasteiger partial charge in [-0.15, -0.1) is 0 Å². The number of carbonyl (C=O) groups excluding carboxylic acids is 3. The number of rotatable bonds is 4. The maximum absolute atomic E-state index is 11.9. The van der Waals surface area contributed by atoms with Crippen molar-refractivity contribution in [2.45, 2.75) is 19.8 Å². The van der Waals surface area contributed by atoms with Gasteiger partial charge in [0.2, 0.25) is 0 Å². The third-order valence-corrected chi connectivity index (χ3v) is 3.00. The van der Waals surface area contributed by atoms with Crippen LogP contribution in [0.3, 0.4) is 0 Å². The minimum Gasteiger partial charge on any atom is -0.462 e. The number of amides is 2. The number of hydrogen-bond donors (Lipinski definition) is 1. The number of piperidine rings is 1. The van der Waals surface area contributed by atoms with Gasteiger partial charge in [0.1, 0.15) is 0 Å². The molecule has 2 amide bonds. The molecule has 1 heterocycles. The van der Waals surface area contributed by atoms with Crippen LogP contribution in [0.15, 0.2) is 24.4 Å². The zero-order valence-electron chi connectivity index (χ0n) is 11.0. The summed E-state index contributed by atoms with van der Waals surface area (Å²) in [7, 11) is 0. The highest BCUT2D eigenvalue weighted by atomic mass is 16.5. The number of ether oxygens (including phenoxy) is 1. The zero-order valence-corrected chi connectivity index (χ0v) is 11.0. The number of Topliss-reactive ketones (excluding diaryl/α,β-unsaturated/α-hetero) is 1. The molecule has 104 valence electrons. The molecule has 0 aromatic carbocycles. The molecule has 1 unspecified atom stereocenters. The highest BCUT2D eigenvalue weighted by molar-refractivity contribution is 6.00. The molecule has 0 spiro atoms. The Bertz CT molecular complexity index is 442. The summed E-state index contributed by atoms with van der Waals surface area (Å²) in [5, 5.41) is 0. The van der Waals surface area contributed by atoms with Crippen molar-refractivity contribution in [3.05, 3.63) is 24.4 Å². The van der Waals surface area contributed by atoms with E-state index in [9.17, 15) is 14.4 Å². The monoisotopic (exact) mass is 266 g/mol. The summed E-state index contributed by atoms with van der Waals surface area (Å²) in [6.07, 6.45) is 0.898. The average molecular weight is 266 g/mol. The molecule has 0 bridgehead atoms. The lowest BCUT2D eigenvalue weighted by Gasteiger charge is -2.31. The van der Waals surface area contributed by atoms with Gasteiger partial charge in [-0.1, -0.05) is 13.2 Å². The number of hydrogen-bond acceptors (Lipinski definition) is 4. The number of carbonyl (C=O) groups is 3.